The van der Waals surface area contributed by atoms with Crippen molar-refractivity contribution in [1.29, 1.82) is 0 Å². The number of methoxy groups -OCH3 is 1. The molecule has 1 N–H and O–H groups in total. The Labute approximate surface area is 111 Å². The summed E-state index contributed by atoms with van der Waals surface area (Å²) in [6.45, 7) is 0.242. The maximum absolute atomic E-state index is 12.1. The van der Waals surface area contributed by atoms with Crippen LogP contribution in [0.15, 0.2) is 30.5 Å². The first kappa shape index (κ1) is 13.3. The molecule has 2 rings (SSSR count). The number of benzene rings is 1. The number of aromatic nitrogens is 1. The molecule has 2 aromatic rings. The molecule has 0 saturated heterocycles. The van der Waals surface area contributed by atoms with Crippen molar-refractivity contribution in [2.75, 3.05) is 27.3 Å². The second-order valence-electron chi connectivity index (χ2n) is 4.23. The quantitative estimate of drug-likeness (QED) is 0.900. The zero-order valence-electron chi connectivity index (χ0n) is 11.0. The van der Waals surface area contributed by atoms with E-state index >= 15 is 0 Å². The summed E-state index contributed by atoms with van der Waals surface area (Å²) in [5.41, 5.74) is 1.30. The number of nitrogens with zero attached hydrogens (tertiary/aromatic N) is 2. The van der Waals surface area contributed by atoms with Crippen molar-refractivity contribution in [2.45, 2.75) is 0 Å². The van der Waals surface area contributed by atoms with Gasteiger partial charge in [-0.15, -0.1) is 0 Å². The van der Waals surface area contributed by atoms with Crippen molar-refractivity contribution < 1.29 is 14.6 Å². The van der Waals surface area contributed by atoms with E-state index in [1.165, 1.54) is 4.90 Å². The van der Waals surface area contributed by atoms with Gasteiger partial charge in [-0.25, -0.2) is 0 Å². The predicted octanol–water partition coefficient (Wildman–Crippen LogP) is 1.31. The number of hydrogen-bond donors (Lipinski definition) is 1. The van der Waals surface area contributed by atoms with Crippen LogP contribution in [0.3, 0.4) is 0 Å². The first-order chi connectivity index (χ1) is 9.15. The molecule has 19 heavy (non-hydrogen) atoms. The number of ether oxygens (including phenoxy) is 1. The molecule has 1 amide bonds. The highest BCUT2D eigenvalue weighted by atomic mass is 16.5. The molecule has 0 radical (unpaired) electrons. The minimum atomic E-state index is -0.161. The zero-order chi connectivity index (χ0) is 13.8. The van der Waals surface area contributed by atoms with Gasteiger partial charge >= 0.3 is 0 Å². The first-order valence-electron chi connectivity index (χ1n) is 5.96. The molecule has 0 saturated carbocycles. The Kier molecular flexibility index (Phi) is 3.97. The van der Waals surface area contributed by atoms with Crippen LogP contribution in [0.4, 0.5) is 0 Å². The predicted molar refractivity (Wildman–Crippen MR) is 72.3 cm³/mol. The van der Waals surface area contributed by atoms with E-state index in [9.17, 15) is 4.79 Å². The molecular weight excluding hydrogens is 244 g/mol. The van der Waals surface area contributed by atoms with E-state index in [0.29, 0.717) is 12.1 Å². The molecule has 0 aliphatic heterocycles. The van der Waals surface area contributed by atoms with Gasteiger partial charge in [-0.1, -0.05) is 0 Å². The van der Waals surface area contributed by atoms with E-state index in [1.807, 2.05) is 18.2 Å². The highest BCUT2D eigenvalue weighted by molar-refractivity contribution is 5.97. The molecule has 0 spiro atoms. The fourth-order valence-electron chi connectivity index (χ4n) is 1.83. The lowest BCUT2D eigenvalue weighted by molar-refractivity contribution is 0.0767. The molecule has 0 fully saturated rings. The highest BCUT2D eigenvalue weighted by Gasteiger charge is 2.12. The maximum atomic E-state index is 12.1. The first-order valence-corrected chi connectivity index (χ1v) is 5.96. The second-order valence-corrected chi connectivity index (χ2v) is 4.23. The van der Waals surface area contributed by atoms with Crippen LogP contribution >= 0.6 is 0 Å². The van der Waals surface area contributed by atoms with Crippen LogP contribution < -0.4 is 4.74 Å². The normalized spacial score (nSPS) is 10.5. The Bertz CT molecular complexity index is 598. The minimum absolute atomic E-state index is 0.0585. The molecule has 0 bridgehead atoms. The van der Waals surface area contributed by atoms with Gasteiger partial charge in [-0.05, 0) is 24.3 Å². The van der Waals surface area contributed by atoms with Crippen molar-refractivity contribution >= 4 is 16.8 Å². The molecule has 0 unspecified atom stereocenters. The van der Waals surface area contributed by atoms with E-state index in [2.05, 4.69) is 4.98 Å². The molecule has 1 aromatic heterocycles. The fraction of sp³-hybridized carbons (Fsp3) is 0.286. The number of aliphatic hydroxyl groups is 1. The third-order valence-electron chi connectivity index (χ3n) is 2.92. The number of fused-ring (bicyclic) bond motifs is 1. The molecular formula is C14H16N2O3. The lowest BCUT2D eigenvalue weighted by Gasteiger charge is -2.15. The van der Waals surface area contributed by atoms with E-state index in [-0.39, 0.29) is 12.5 Å². The molecule has 0 atom stereocenters. The molecule has 0 aliphatic carbocycles. The Morgan fingerprint density at radius 1 is 1.42 bits per heavy atom. The Morgan fingerprint density at radius 2 is 2.21 bits per heavy atom. The van der Waals surface area contributed by atoms with Crippen LogP contribution in [0.5, 0.6) is 5.75 Å². The SMILES string of the molecule is COc1ccc2ncc(C(=O)N(C)CCO)cc2c1. The molecule has 1 aromatic carbocycles. The summed E-state index contributed by atoms with van der Waals surface area (Å²) in [6, 6.07) is 7.29. The summed E-state index contributed by atoms with van der Waals surface area (Å²) in [7, 11) is 3.24. The van der Waals surface area contributed by atoms with E-state index in [4.69, 9.17) is 9.84 Å². The largest absolute Gasteiger partial charge is 0.497 e. The van der Waals surface area contributed by atoms with Crippen molar-refractivity contribution in [3.63, 3.8) is 0 Å². The van der Waals surface area contributed by atoms with Crippen LogP contribution in [0.2, 0.25) is 0 Å². The number of carbonyl (C=O) groups is 1. The standard InChI is InChI=1S/C14H16N2O3/c1-16(5-6-17)14(18)11-7-10-8-12(19-2)3-4-13(10)15-9-11/h3-4,7-9,17H,5-6H2,1-2H3. The number of hydrogen-bond acceptors (Lipinski definition) is 4. The summed E-state index contributed by atoms with van der Waals surface area (Å²) in [5.74, 6) is 0.564. The number of amides is 1. The van der Waals surface area contributed by atoms with Crippen LogP contribution in [-0.2, 0) is 0 Å². The summed E-state index contributed by atoms with van der Waals surface area (Å²) in [6.07, 6.45) is 1.55. The third kappa shape index (κ3) is 2.82. The van der Waals surface area contributed by atoms with Gasteiger partial charge in [0.15, 0.2) is 0 Å². The lowest BCUT2D eigenvalue weighted by Crippen LogP contribution is -2.29. The lowest BCUT2D eigenvalue weighted by atomic mass is 10.1. The number of pyridine rings is 1. The van der Waals surface area contributed by atoms with Crippen molar-refractivity contribution in [3.8, 4) is 5.75 Å². The Hall–Kier alpha value is -2.14. The maximum Gasteiger partial charge on any atom is 0.255 e. The van der Waals surface area contributed by atoms with Gasteiger partial charge in [-0.3, -0.25) is 9.78 Å². The van der Waals surface area contributed by atoms with Crippen LogP contribution in [0, 0.1) is 0 Å². The number of carbonyl (C=O) groups excluding carboxylic acids is 1. The van der Waals surface area contributed by atoms with Gasteiger partial charge < -0.3 is 14.7 Å². The molecule has 5 nitrogen and oxygen atoms in total. The smallest absolute Gasteiger partial charge is 0.255 e. The van der Waals surface area contributed by atoms with Gasteiger partial charge in [0.2, 0.25) is 0 Å². The molecule has 5 heteroatoms. The zero-order valence-corrected chi connectivity index (χ0v) is 11.0. The van der Waals surface area contributed by atoms with Crippen molar-refractivity contribution in [2.24, 2.45) is 0 Å². The van der Waals surface area contributed by atoms with Gasteiger partial charge in [-0.2, -0.15) is 0 Å². The van der Waals surface area contributed by atoms with Gasteiger partial charge in [0.25, 0.3) is 5.91 Å². The summed E-state index contributed by atoms with van der Waals surface area (Å²) < 4.78 is 5.15. The number of aliphatic hydroxyl groups excluding tert-OH is 1. The fourth-order valence-corrected chi connectivity index (χ4v) is 1.83. The average Bonchev–Trinajstić information content (AvgIpc) is 2.45. The van der Waals surface area contributed by atoms with E-state index in [0.717, 1.165) is 16.7 Å². The summed E-state index contributed by atoms with van der Waals surface area (Å²) in [4.78, 5) is 17.8. The Balaban J connectivity index is 2.37. The molecule has 100 valence electrons. The number of rotatable bonds is 4. The molecule has 1 heterocycles. The third-order valence-corrected chi connectivity index (χ3v) is 2.92. The van der Waals surface area contributed by atoms with Gasteiger partial charge in [0.1, 0.15) is 5.75 Å². The van der Waals surface area contributed by atoms with Crippen molar-refractivity contribution in [1.82, 2.24) is 9.88 Å². The monoisotopic (exact) mass is 260 g/mol. The Morgan fingerprint density at radius 3 is 2.89 bits per heavy atom. The average molecular weight is 260 g/mol. The van der Waals surface area contributed by atoms with Gasteiger partial charge in [0, 0.05) is 25.2 Å². The summed E-state index contributed by atoms with van der Waals surface area (Å²) in [5, 5.41) is 9.70. The van der Waals surface area contributed by atoms with Crippen LogP contribution in [-0.4, -0.2) is 48.2 Å². The van der Waals surface area contributed by atoms with Crippen molar-refractivity contribution in [3.05, 3.63) is 36.0 Å². The topological polar surface area (TPSA) is 62.7 Å². The van der Waals surface area contributed by atoms with Gasteiger partial charge in [0.05, 0.1) is 24.8 Å². The summed E-state index contributed by atoms with van der Waals surface area (Å²) >= 11 is 0. The van der Waals surface area contributed by atoms with Crippen LogP contribution in [0.25, 0.3) is 10.9 Å². The molecule has 0 aliphatic rings. The van der Waals surface area contributed by atoms with Crippen LogP contribution in [0.1, 0.15) is 10.4 Å². The second kappa shape index (κ2) is 5.67. The number of likely N-dealkylation sites (N-methyl/N-ethyl adjacent to an activating group) is 1. The van der Waals surface area contributed by atoms with E-state index < -0.39 is 0 Å². The minimum Gasteiger partial charge on any atom is -0.497 e. The highest BCUT2D eigenvalue weighted by Crippen LogP contribution is 2.20. The van der Waals surface area contributed by atoms with E-state index in [1.54, 1.807) is 26.4 Å².